The van der Waals surface area contributed by atoms with Gasteiger partial charge in [-0.15, -0.1) is 0 Å². The van der Waals surface area contributed by atoms with Crippen LogP contribution >= 0.6 is 0 Å². The molecular formula is C12H10N4O2. The molecule has 0 saturated heterocycles. The molecule has 0 heterocycles. The van der Waals surface area contributed by atoms with Crippen molar-refractivity contribution in [3.63, 3.8) is 0 Å². The third-order valence-electron chi connectivity index (χ3n) is 2.56. The van der Waals surface area contributed by atoms with Gasteiger partial charge < -0.3 is 5.73 Å². The number of nitrogens with two attached hydrogens (primary N) is 1. The summed E-state index contributed by atoms with van der Waals surface area (Å²) in [5, 5.41) is 14.3. The van der Waals surface area contributed by atoms with Gasteiger partial charge in [0.15, 0.2) is 0 Å². The Balaban J connectivity index is 2.81. The Morgan fingerprint density at radius 2 is 1.83 bits per heavy atom. The van der Waals surface area contributed by atoms with Crippen molar-refractivity contribution in [3.8, 4) is 11.1 Å². The fourth-order valence-corrected chi connectivity index (χ4v) is 1.76. The van der Waals surface area contributed by atoms with Crippen molar-refractivity contribution in [2.75, 3.05) is 5.73 Å². The number of nitro groups is 1. The Bertz CT molecular complexity index is 611. The molecule has 2 aromatic rings. The lowest BCUT2D eigenvalue weighted by Crippen LogP contribution is -1.95. The zero-order valence-electron chi connectivity index (χ0n) is 9.33. The lowest BCUT2D eigenvalue weighted by atomic mass is 10.0. The highest BCUT2D eigenvalue weighted by atomic mass is 16.6. The molecule has 18 heavy (non-hydrogen) atoms. The van der Waals surface area contributed by atoms with Crippen LogP contribution in [0.15, 0.2) is 47.6 Å². The van der Waals surface area contributed by atoms with E-state index in [1.807, 2.05) is 0 Å². The van der Waals surface area contributed by atoms with E-state index in [4.69, 9.17) is 11.3 Å². The van der Waals surface area contributed by atoms with Crippen molar-refractivity contribution in [2.45, 2.75) is 0 Å². The molecule has 0 amide bonds. The maximum atomic E-state index is 11.0. The first-order chi connectivity index (χ1) is 8.65. The van der Waals surface area contributed by atoms with Crippen LogP contribution in [-0.2, 0) is 0 Å². The standard InChI is InChI=1S/C12H10N4O2/c13-9-6-7-10(16(17)18)11(12(9)15-14)8-4-2-1-3-5-8/h1-7,14H,13H2. The van der Waals surface area contributed by atoms with E-state index in [0.717, 1.165) is 0 Å². The van der Waals surface area contributed by atoms with Gasteiger partial charge in [0.2, 0.25) is 0 Å². The summed E-state index contributed by atoms with van der Waals surface area (Å²) in [6.45, 7) is 0. The number of hydrogen-bond donors (Lipinski definition) is 2. The number of anilines is 1. The minimum Gasteiger partial charge on any atom is -0.397 e. The summed E-state index contributed by atoms with van der Waals surface area (Å²) >= 11 is 0. The van der Waals surface area contributed by atoms with Gasteiger partial charge in [0.1, 0.15) is 5.69 Å². The van der Waals surface area contributed by atoms with E-state index in [2.05, 4.69) is 5.11 Å². The van der Waals surface area contributed by atoms with Crippen LogP contribution in [0.2, 0.25) is 0 Å². The monoisotopic (exact) mass is 242 g/mol. The van der Waals surface area contributed by atoms with Gasteiger partial charge >= 0.3 is 0 Å². The van der Waals surface area contributed by atoms with Crippen molar-refractivity contribution in [3.05, 3.63) is 52.6 Å². The summed E-state index contributed by atoms with van der Waals surface area (Å²) in [6.07, 6.45) is 0. The van der Waals surface area contributed by atoms with Gasteiger partial charge in [0.25, 0.3) is 5.69 Å². The molecule has 0 bridgehead atoms. The van der Waals surface area contributed by atoms with Crippen molar-refractivity contribution < 1.29 is 4.92 Å². The van der Waals surface area contributed by atoms with Crippen molar-refractivity contribution in [1.29, 1.82) is 5.53 Å². The maximum Gasteiger partial charge on any atom is 0.279 e. The Labute approximate surface area is 103 Å². The summed E-state index contributed by atoms with van der Waals surface area (Å²) in [6, 6.07) is 11.5. The van der Waals surface area contributed by atoms with Gasteiger partial charge in [0, 0.05) is 6.07 Å². The third kappa shape index (κ3) is 1.91. The minimum absolute atomic E-state index is 0.110. The highest BCUT2D eigenvalue weighted by molar-refractivity contribution is 5.90. The second-order valence-electron chi connectivity index (χ2n) is 3.63. The molecule has 0 aromatic heterocycles. The molecule has 2 rings (SSSR count). The zero-order valence-corrected chi connectivity index (χ0v) is 9.33. The van der Waals surface area contributed by atoms with Crippen LogP contribution in [-0.4, -0.2) is 4.92 Å². The van der Waals surface area contributed by atoms with Crippen LogP contribution in [0.3, 0.4) is 0 Å². The smallest absolute Gasteiger partial charge is 0.279 e. The number of hydrogen-bond acceptors (Lipinski definition) is 5. The topological polar surface area (TPSA) is 105 Å². The number of nitro benzene ring substituents is 1. The highest BCUT2D eigenvalue weighted by Crippen LogP contribution is 2.41. The van der Waals surface area contributed by atoms with Gasteiger partial charge in [-0.05, 0) is 11.6 Å². The molecule has 90 valence electrons. The van der Waals surface area contributed by atoms with Crippen LogP contribution in [0.4, 0.5) is 17.1 Å². The van der Waals surface area contributed by atoms with Crippen molar-refractivity contribution in [2.24, 2.45) is 5.11 Å². The molecule has 3 N–H and O–H groups in total. The molecule has 0 aliphatic carbocycles. The molecule has 2 aromatic carbocycles. The number of nitrogens with one attached hydrogen (secondary N) is 1. The van der Waals surface area contributed by atoms with Gasteiger partial charge in [-0.3, -0.25) is 10.1 Å². The van der Waals surface area contributed by atoms with Gasteiger partial charge in [-0.25, -0.2) is 5.53 Å². The quantitative estimate of drug-likeness (QED) is 0.372. The summed E-state index contributed by atoms with van der Waals surface area (Å²) in [5.41, 5.74) is 14.0. The van der Waals surface area contributed by atoms with Crippen molar-refractivity contribution in [1.82, 2.24) is 0 Å². The van der Waals surface area contributed by atoms with Crippen molar-refractivity contribution >= 4 is 17.1 Å². The average molecular weight is 242 g/mol. The van der Waals surface area contributed by atoms with E-state index in [9.17, 15) is 10.1 Å². The Hall–Kier alpha value is -2.76. The molecule has 0 spiro atoms. The van der Waals surface area contributed by atoms with Crippen LogP contribution in [0.25, 0.3) is 11.1 Å². The van der Waals surface area contributed by atoms with Gasteiger partial charge in [-0.2, -0.15) is 5.11 Å². The van der Waals surface area contributed by atoms with Crippen LogP contribution in [0.1, 0.15) is 0 Å². The average Bonchev–Trinajstić information content (AvgIpc) is 2.39. The van der Waals surface area contributed by atoms with Crippen LogP contribution in [0.5, 0.6) is 0 Å². The molecule has 6 heteroatoms. The summed E-state index contributed by atoms with van der Waals surface area (Å²) in [4.78, 5) is 10.5. The normalized spacial score (nSPS) is 10.0. The van der Waals surface area contributed by atoms with E-state index in [0.29, 0.717) is 5.56 Å². The zero-order chi connectivity index (χ0) is 13.1. The predicted molar refractivity (Wildman–Crippen MR) is 67.8 cm³/mol. The van der Waals surface area contributed by atoms with Gasteiger partial charge in [0.05, 0.1) is 16.2 Å². The largest absolute Gasteiger partial charge is 0.397 e. The lowest BCUT2D eigenvalue weighted by Gasteiger charge is -2.08. The fourth-order valence-electron chi connectivity index (χ4n) is 1.76. The number of rotatable bonds is 3. The molecule has 6 nitrogen and oxygen atoms in total. The molecule has 0 fully saturated rings. The molecule has 0 saturated carbocycles. The van der Waals surface area contributed by atoms with Gasteiger partial charge in [-0.1, -0.05) is 30.3 Å². The SMILES string of the molecule is N=Nc1c(N)ccc([N+](=O)[O-])c1-c1ccccc1. The molecule has 0 atom stereocenters. The second-order valence-corrected chi connectivity index (χ2v) is 3.63. The summed E-state index contributed by atoms with van der Waals surface area (Å²) < 4.78 is 0. The highest BCUT2D eigenvalue weighted by Gasteiger charge is 2.21. The van der Waals surface area contributed by atoms with E-state index in [-0.39, 0.29) is 22.6 Å². The third-order valence-corrected chi connectivity index (χ3v) is 2.56. The van der Waals surface area contributed by atoms with Crippen LogP contribution < -0.4 is 5.73 Å². The predicted octanol–water partition coefficient (Wildman–Crippen LogP) is 3.51. The Morgan fingerprint density at radius 3 is 2.39 bits per heavy atom. The molecule has 0 aliphatic rings. The van der Waals surface area contributed by atoms with E-state index < -0.39 is 4.92 Å². The Morgan fingerprint density at radius 1 is 1.17 bits per heavy atom. The number of benzene rings is 2. The molecule has 0 unspecified atom stereocenters. The first kappa shape index (κ1) is 11.7. The fraction of sp³-hybridized carbons (Fsp3) is 0. The first-order valence-electron chi connectivity index (χ1n) is 5.15. The molecular weight excluding hydrogens is 232 g/mol. The molecule has 0 radical (unpaired) electrons. The summed E-state index contributed by atoms with van der Waals surface area (Å²) in [7, 11) is 0. The van der Waals surface area contributed by atoms with Crippen LogP contribution in [0, 0.1) is 15.6 Å². The number of nitrogen functional groups attached to an aromatic ring is 1. The minimum atomic E-state index is -0.504. The molecule has 0 aliphatic heterocycles. The second kappa shape index (κ2) is 4.62. The first-order valence-corrected chi connectivity index (χ1v) is 5.15. The van der Waals surface area contributed by atoms with E-state index in [1.54, 1.807) is 30.3 Å². The number of nitrogens with zero attached hydrogens (tertiary/aromatic N) is 2. The van der Waals surface area contributed by atoms with E-state index in [1.165, 1.54) is 12.1 Å². The lowest BCUT2D eigenvalue weighted by molar-refractivity contribution is -0.384. The maximum absolute atomic E-state index is 11.0. The summed E-state index contributed by atoms with van der Waals surface area (Å²) in [5.74, 6) is 0. The van der Waals surface area contributed by atoms with E-state index >= 15 is 0 Å². The Kier molecular flexibility index (Phi) is 3.01.